The zero-order valence-electron chi connectivity index (χ0n) is 7.03. The molecule has 2 amide bonds. The summed E-state index contributed by atoms with van der Waals surface area (Å²) in [5.41, 5.74) is 4.86. The Labute approximate surface area is 81.5 Å². The summed E-state index contributed by atoms with van der Waals surface area (Å²) in [6.45, 7) is 0.411. The number of Topliss-reactive ketones (excluding diaryl/α,β-unsaturated/α-hetero) is 1. The van der Waals surface area contributed by atoms with Crippen molar-refractivity contribution in [3.05, 3.63) is 0 Å². The first-order valence-corrected chi connectivity index (χ1v) is 4.28. The molecule has 0 aromatic rings. The van der Waals surface area contributed by atoms with Gasteiger partial charge in [-0.1, -0.05) is 0 Å². The lowest BCUT2D eigenvalue weighted by Crippen LogP contribution is -2.31. The Bertz CT molecular complexity index is 208. The van der Waals surface area contributed by atoms with Gasteiger partial charge in [0.15, 0.2) is 5.78 Å². The third-order valence-corrected chi connectivity index (χ3v) is 1.94. The van der Waals surface area contributed by atoms with Crippen LogP contribution >= 0.6 is 12.6 Å². The molecular weight excluding hydrogens is 192 g/mol. The van der Waals surface area contributed by atoms with Gasteiger partial charge < -0.3 is 11.1 Å². The van der Waals surface area contributed by atoms with Gasteiger partial charge in [-0.2, -0.15) is 12.6 Å². The molecule has 0 saturated carbocycles. The number of nitrogens with two attached hydrogens (primary N) is 1. The van der Waals surface area contributed by atoms with Crippen LogP contribution in [0.15, 0.2) is 0 Å². The van der Waals surface area contributed by atoms with E-state index in [4.69, 9.17) is 5.73 Å². The molecule has 3 N–H and O–H groups in total. The number of nitrogens with one attached hydrogen (secondary N) is 1. The van der Waals surface area contributed by atoms with E-state index in [0.29, 0.717) is 19.4 Å². The lowest BCUT2D eigenvalue weighted by atomic mass is 10.1. The van der Waals surface area contributed by atoms with Gasteiger partial charge in [-0.05, 0) is 6.42 Å². The number of hydrogen-bond acceptors (Lipinski definition) is 4. The van der Waals surface area contributed by atoms with Gasteiger partial charge in [0.25, 0.3) is 0 Å². The maximum Gasteiger partial charge on any atom is 0.237 e. The molecule has 0 rings (SSSR count). The Morgan fingerprint density at radius 2 is 2.15 bits per heavy atom. The molecule has 0 aliphatic rings. The van der Waals surface area contributed by atoms with Crippen LogP contribution in [0.25, 0.3) is 0 Å². The van der Waals surface area contributed by atoms with E-state index < -0.39 is 11.2 Å². The Kier molecular flexibility index (Phi) is 5.96. The van der Waals surface area contributed by atoms with Crippen LogP contribution in [0.3, 0.4) is 0 Å². The summed E-state index contributed by atoms with van der Waals surface area (Å²) < 4.78 is 0. The van der Waals surface area contributed by atoms with Crippen molar-refractivity contribution in [2.24, 2.45) is 5.73 Å². The number of ketones is 1. The van der Waals surface area contributed by atoms with Crippen LogP contribution in [-0.4, -0.2) is 29.9 Å². The molecule has 0 aliphatic heterocycles. The number of hydrogen-bond donors (Lipinski definition) is 3. The molecule has 0 radical (unpaired) electrons. The topological polar surface area (TPSA) is 89.3 Å². The Hall–Kier alpha value is -1.04. The maximum atomic E-state index is 11.1. The van der Waals surface area contributed by atoms with Crippen molar-refractivity contribution in [2.75, 3.05) is 6.54 Å². The van der Waals surface area contributed by atoms with E-state index >= 15 is 0 Å². The molecular formula is C7H12N2O3S. The van der Waals surface area contributed by atoms with E-state index in [9.17, 15) is 14.4 Å². The fourth-order valence-electron chi connectivity index (χ4n) is 0.719. The molecule has 1 atom stereocenters. The van der Waals surface area contributed by atoms with Crippen LogP contribution in [0, 0.1) is 0 Å². The van der Waals surface area contributed by atoms with Crippen LogP contribution in [0.1, 0.15) is 12.8 Å². The van der Waals surface area contributed by atoms with Gasteiger partial charge in [-0.25, -0.2) is 0 Å². The zero-order valence-corrected chi connectivity index (χ0v) is 7.92. The predicted octanol–water partition coefficient (Wildman–Crippen LogP) is -1.13. The van der Waals surface area contributed by atoms with Crippen molar-refractivity contribution in [1.82, 2.24) is 5.32 Å². The van der Waals surface area contributed by atoms with E-state index in [2.05, 4.69) is 17.9 Å². The standard InChI is InChI=1S/C7H12N2O3S/c8-7(12)6(13)5(11)2-1-3-9-4-10/h4,6,13H,1-3H2,(H2,8,12)(H,9,10). The first-order chi connectivity index (χ1) is 6.09. The average Bonchev–Trinajstić information content (AvgIpc) is 2.10. The molecule has 1 unspecified atom stereocenters. The summed E-state index contributed by atoms with van der Waals surface area (Å²) in [7, 11) is 0. The van der Waals surface area contributed by atoms with E-state index in [1.165, 1.54) is 0 Å². The molecule has 0 aliphatic carbocycles. The average molecular weight is 204 g/mol. The van der Waals surface area contributed by atoms with Crippen molar-refractivity contribution in [1.29, 1.82) is 0 Å². The fraction of sp³-hybridized carbons (Fsp3) is 0.571. The third-order valence-electron chi connectivity index (χ3n) is 1.40. The molecule has 0 saturated heterocycles. The van der Waals surface area contributed by atoms with E-state index in [1.54, 1.807) is 0 Å². The van der Waals surface area contributed by atoms with Crippen LogP contribution in [0.2, 0.25) is 0 Å². The Morgan fingerprint density at radius 1 is 1.54 bits per heavy atom. The molecule has 0 heterocycles. The van der Waals surface area contributed by atoms with E-state index in [-0.39, 0.29) is 12.2 Å². The quantitative estimate of drug-likeness (QED) is 0.212. The van der Waals surface area contributed by atoms with E-state index in [0.717, 1.165) is 0 Å². The maximum absolute atomic E-state index is 11.1. The molecule has 74 valence electrons. The summed E-state index contributed by atoms with van der Waals surface area (Å²) >= 11 is 3.73. The number of rotatable bonds is 7. The molecule has 0 spiro atoms. The summed E-state index contributed by atoms with van der Waals surface area (Å²) in [6.07, 6.45) is 1.23. The highest BCUT2D eigenvalue weighted by molar-refractivity contribution is 7.82. The Morgan fingerprint density at radius 3 is 2.62 bits per heavy atom. The molecule has 0 fully saturated rings. The SMILES string of the molecule is NC(=O)C(S)C(=O)CCCNC=O. The normalized spacial score (nSPS) is 11.8. The first kappa shape index (κ1) is 12.0. The monoisotopic (exact) mass is 204 g/mol. The smallest absolute Gasteiger partial charge is 0.237 e. The Balaban J connectivity index is 3.62. The third kappa shape index (κ3) is 5.24. The van der Waals surface area contributed by atoms with E-state index in [1.807, 2.05) is 0 Å². The second-order valence-electron chi connectivity index (χ2n) is 2.45. The lowest BCUT2D eigenvalue weighted by Gasteiger charge is -2.04. The minimum atomic E-state index is -1.03. The van der Waals surface area contributed by atoms with Gasteiger partial charge in [-0.3, -0.25) is 14.4 Å². The van der Waals surface area contributed by atoms with Gasteiger partial charge in [0.1, 0.15) is 5.25 Å². The van der Waals surface area contributed by atoms with Crippen LogP contribution in [0.5, 0.6) is 0 Å². The highest BCUT2D eigenvalue weighted by Gasteiger charge is 2.18. The summed E-state index contributed by atoms with van der Waals surface area (Å²) in [5, 5.41) is 1.37. The molecule has 0 aromatic carbocycles. The van der Waals surface area contributed by atoms with Gasteiger partial charge >= 0.3 is 0 Å². The van der Waals surface area contributed by atoms with Crippen LogP contribution in [-0.2, 0) is 14.4 Å². The number of primary amides is 1. The summed E-state index contributed by atoms with van der Waals surface area (Å²) in [4.78, 5) is 31.3. The van der Waals surface area contributed by atoms with Crippen molar-refractivity contribution >= 4 is 30.7 Å². The number of thiol groups is 1. The number of carbonyl (C=O) groups is 3. The minimum absolute atomic E-state index is 0.192. The number of carbonyl (C=O) groups excluding carboxylic acids is 3. The molecule has 6 heteroatoms. The molecule has 0 aromatic heterocycles. The van der Waals surface area contributed by atoms with Crippen molar-refractivity contribution in [3.8, 4) is 0 Å². The van der Waals surface area contributed by atoms with Gasteiger partial charge in [-0.15, -0.1) is 0 Å². The fourth-order valence-corrected chi connectivity index (χ4v) is 0.848. The molecule has 13 heavy (non-hydrogen) atoms. The molecule has 5 nitrogen and oxygen atoms in total. The number of amides is 2. The first-order valence-electron chi connectivity index (χ1n) is 3.76. The molecule has 0 bridgehead atoms. The summed E-state index contributed by atoms with van der Waals surface area (Å²) in [5.74, 6) is -1.06. The van der Waals surface area contributed by atoms with Crippen LogP contribution < -0.4 is 11.1 Å². The van der Waals surface area contributed by atoms with Gasteiger partial charge in [0.2, 0.25) is 12.3 Å². The van der Waals surface area contributed by atoms with Crippen molar-refractivity contribution in [3.63, 3.8) is 0 Å². The van der Waals surface area contributed by atoms with Crippen LogP contribution in [0.4, 0.5) is 0 Å². The summed E-state index contributed by atoms with van der Waals surface area (Å²) in [6, 6.07) is 0. The highest BCUT2D eigenvalue weighted by Crippen LogP contribution is 2.01. The predicted molar refractivity (Wildman–Crippen MR) is 50.3 cm³/mol. The highest BCUT2D eigenvalue weighted by atomic mass is 32.1. The van der Waals surface area contributed by atoms with Gasteiger partial charge in [0.05, 0.1) is 0 Å². The zero-order chi connectivity index (χ0) is 10.3. The van der Waals surface area contributed by atoms with Gasteiger partial charge in [0, 0.05) is 13.0 Å². The van der Waals surface area contributed by atoms with Crippen molar-refractivity contribution in [2.45, 2.75) is 18.1 Å². The second-order valence-corrected chi connectivity index (χ2v) is 2.96. The minimum Gasteiger partial charge on any atom is -0.368 e. The van der Waals surface area contributed by atoms with Crippen molar-refractivity contribution < 1.29 is 14.4 Å². The lowest BCUT2D eigenvalue weighted by molar-refractivity contribution is -0.125. The second kappa shape index (κ2) is 6.47. The largest absolute Gasteiger partial charge is 0.368 e.